The second-order valence-corrected chi connectivity index (χ2v) is 6.48. The molecule has 0 aliphatic rings. The van der Waals surface area contributed by atoms with Gasteiger partial charge in [0.05, 0.1) is 17.8 Å². The summed E-state index contributed by atoms with van der Waals surface area (Å²) in [5.74, 6) is 0.699. The van der Waals surface area contributed by atoms with E-state index < -0.39 is 0 Å². The van der Waals surface area contributed by atoms with Gasteiger partial charge in [-0.1, -0.05) is 19.9 Å². The summed E-state index contributed by atoms with van der Waals surface area (Å²) >= 11 is 0. The Hall–Kier alpha value is -2.10. The summed E-state index contributed by atoms with van der Waals surface area (Å²) < 4.78 is 2.14. The average molecular weight is 313 g/mol. The number of nitrogens with zero attached hydrogens (tertiary/aromatic N) is 2. The van der Waals surface area contributed by atoms with E-state index in [2.05, 4.69) is 28.7 Å². The molecule has 23 heavy (non-hydrogen) atoms. The molecular formula is C19H27N3O. The molecule has 2 aromatic rings. The monoisotopic (exact) mass is 313 g/mol. The van der Waals surface area contributed by atoms with Crippen molar-refractivity contribution in [3.8, 4) is 0 Å². The van der Waals surface area contributed by atoms with Crippen LogP contribution in [-0.4, -0.2) is 22.0 Å². The summed E-state index contributed by atoms with van der Waals surface area (Å²) in [6.07, 6.45) is 3.96. The van der Waals surface area contributed by atoms with E-state index in [4.69, 9.17) is 0 Å². The minimum absolute atomic E-state index is 0.0223. The highest BCUT2D eigenvalue weighted by Crippen LogP contribution is 2.16. The predicted octanol–water partition coefficient (Wildman–Crippen LogP) is 3.71. The third-order valence-corrected chi connectivity index (χ3v) is 4.11. The Morgan fingerprint density at radius 1 is 1.30 bits per heavy atom. The number of carbonyl (C=O) groups excluding carboxylic acids is 1. The van der Waals surface area contributed by atoms with Crippen LogP contribution in [0.15, 0.2) is 30.5 Å². The number of nitrogens with one attached hydrogen (secondary N) is 1. The standard InChI is InChI=1S/C19H27N3O/c1-14(2)8-7-11-21-19(23)18-12-15(3)22(16(18)4)13-17-9-5-6-10-20-17/h5-6,9-10,12,14H,7-8,11,13H2,1-4H3,(H,21,23). The molecule has 2 aromatic heterocycles. The van der Waals surface area contributed by atoms with Crippen molar-refractivity contribution in [1.29, 1.82) is 0 Å². The van der Waals surface area contributed by atoms with Crippen LogP contribution in [0, 0.1) is 19.8 Å². The van der Waals surface area contributed by atoms with Crippen LogP contribution in [-0.2, 0) is 6.54 Å². The van der Waals surface area contributed by atoms with Crippen LogP contribution >= 0.6 is 0 Å². The molecule has 1 amide bonds. The van der Waals surface area contributed by atoms with Crippen LogP contribution < -0.4 is 5.32 Å². The Morgan fingerprint density at radius 2 is 2.09 bits per heavy atom. The van der Waals surface area contributed by atoms with E-state index >= 15 is 0 Å². The van der Waals surface area contributed by atoms with E-state index in [-0.39, 0.29) is 5.91 Å². The number of pyridine rings is 1. The lowest BCUT2D eigenvalue weighted by atomic mass is 10.1. The van der Waals surface area contributed by atoms with Crippen LogP contribution in [0.25, 0.3) is 0 Å². The maximum Gasteiger partial charge on any atom is 0.253 e. The van der Waals surface area contributed by atoms with Gasteiger partial charge in [0.15, 0.2) is 0 Å². The highest BCUT2D eigenvalue weighted by atomic mass is 16.1. The zero-order chi connectivity index (χ0) is 16.8. The number of hydrogen-bond donors (Lipinski definition) is 1. The fraction of sp³-hybridized carbons (Fsp3) is 0.474. The molecule has 0 bridgehead atoms. The molecule has 124 valence electrons. The van der Waals surface area contributed by atoms with Gasteiger partial charge in [-0.05, 0) is 50.8 Å². The van der Waals surface area contributed by atoms with Crippen molar-refractivity contribution >= 4 is 5.91 Å². The maximum atomic E-state index is 12.4. The third-order valence-electron chi connectivity index (χ3n) is 4.11. The predicted molar refractivity (Wildman–Crippen MR) is 93.7 cm³/mol. The molecule has 2 rings (SSSR count). The van der Waals surface area contributed by atoms with E-state index in [1.165, 1.54) is 0 Å². The number of amides is 1. The summed E-state index contributed by atoms with van der Waals surface area (Å²) in [5, 5.41) is 3.03. The van der Waals surface area contributed by atoms with E-state index in [1.54, 1.807) is 6.20 Å². The van der Waals surface area contributed by atoms with Gasteiger partial charge >= 0.3 is 0 Å². The molecular weight excluding hydrogens is 286 g/mol. The molecule has 0 fully saturated rings. The Morgan fingerprint density at radius 3 is 2.74 bits per heavy atom. The van der Waals surface area contributed by atoms with Gasteiger partial charge in [0.1, 0.15) is 0 Å². The van der Waals surface area contributed by atoms with Crippen molar-refractivity contribution in [2.24, 2.45) is 5.92 Å². The molecule has 4 nitrogen and oxygen atoms in total. The minimum Gasteiger partial charge on any atom is -0.352 e. The SMILES string of the molecule is Cc1cc(C(=O)NCCCC(C)C)c(C)n1Cc1ccccn1. The molecule has 0 spiro atoms. The highest BCUT2D eigenvalue weighted by molar-refractivity contribution is 5.95. The molecule has 4 heteroatoms. The quantitative estimate of drug-likeness (QED) is 0.792. The number of aryl methyl sites for hydroxylation is 1. The molecule has 0 radical (unpaired) electrons. The van der Waals surface area contributed by atoms with Crippen LogP contribution in [0.3, 0.4) is 0 Å². The smallest absolute Gasteiger partial charge is 0.253 e. The minimum atomic E-state index is 0.0223. The zero-order valence-electron chi connectivity index (χ0n) is 14.6. The number of aromatic nitrogens is 2. The Balaban J connectivity index is 2.03. The Labute approximate surface area is 138 Å². The van der Waals surface area contributed by atoms with Gasteiger partial charge in [-0.15, -0.1) is 0 Å². The molecule has 2 heterocycles. The lowest BCUT2D eigenvalue weighted by Gasteiger charge is -2.10. The van der Waals surface area contributed by atoms with E-state index in [9.17, 15) is 4.79 Å². The molecule has 1 N–H and O–H groups in total. The van der Waals surface area contributed by atoms with Gasteiger partial charge in [0.25, 0.3) is 5.91 Å². The Kier molecular flexibility index (Phi) is 5.97. The van der Waals surface area contributed by atoms with Crippen LogP contribution in [0.2, 0.25) is 0 Å². The molecule has 0 aromatic carbocycles. The molecule has 0 aliphatic heterocycles. The van der Waals surface area contributed by atoms with Crippen molar-refractivity contribution < 1.29 is 4.79 Å². The van der Waals surface area contributed by atoms with Crippen LogP contribution in [0.5, 0.6) is 0 Å². The second-order valence-electron chi connectivity index (χ2n) is 6.48. The second kappa shape index (κ2) is 7.95. The molecule has 0 saturated carbocycles. The van der Waals surface area contributed by atoms with Crippen LogP contribution in [0.4, 0.5) is 0 Å². The summed E-state index contributed by atoms with van der Waals surface area (Å²) in [7, 11) is 0. The average Bonchev–Trinajstić information content (AvgIpc) is 2.80. The van der Waals surface area contributed by atoms with Crippen LogP contribution in [0.1, 0.15) is 54.1 Å². The lowest BCUT2D eigenvalue weighted by Crippen LogP contribution is -2.25. The van der Waals surface area contributed by atoms with Gasteiger partial charge in [-0.3, -0.25) is 9.78 Å². The van der Waals surface area contributed by atoms with Gasteiger partial charge in [-0.25, -0.2) is 0 Å². The summed E-state index contributed by atoms with van der Waals surface area (Å²) in [6, 6.07) is 7.87. The first-order valence-corrected chi connectivity index (χ1v) is 8.34. The number of rotatable bonds is 7. The third kappa shape index (κ3) is 4.68. The maximum absolute atomic E-state index is 12.4. The fourth-order valence-corrected chi connectivity index (χ4v) is 2.74. The fourth-order valence-electron chi connectivity index (χ4n) is 2.74. The highest BCUT2D eigenvalue weighted by Gasteiger charge is 2.15. The van der Waals surface area contributed by atoms with Gasteiger partial charge in [0.2, 0.25) is 0 Å². The summed E-state index contributed by atoms with van der Waals surface area (Å²) in [4.78, 5) is 16.8. The van der Waals surface area contributed by atoms with Crippen molar-refractivity contribution in [3.63, 3.8) is 0 Å². The van der Waals surface area contributed by atoms with Gasteiger partial charge < -0.3 is 9.88 Å². The molecule has 0 saturated heterocycles. The first kappa shape index (κ1) is 17.3. The summed E-state index contributed by atoms with van der Waals surface area (Å²) in [5.41, 5.74) is 3.84. The number of hydrogen-bond acceptors (Lipinski definition) is 2. The largest absolute Gasteiger partial charge is 0.352 e. The Bertz CT molecular complexity index is 644. The molecule has 0 unspecified atom stereocenters. The van der Waals surface area contributed by atoms with E-state index in [0.717, 1.165) is 42.0 Å². The lowest BCUT2D eigenvalue weighted by molar-refractivity contribution is 0.0952. The first-order chi connectivity index (χ1) is 11.0. The van der Waals surface area contributed by atoms with E-state index in [0.29, 0.717) is 12.5 Å². The van der Waals surface area contributed by atoms with Gasteiger partial charge in [-0.2, -0.15) is 0 Å². The number of carbonyl (C=O) groups is 1. The van der Waals surface area contributed by atoms with Crippen molar-refractivity contribution in [2.45, 2.75) is 47.1 Å². The van der Waals surface area contributed by atoms with Gasteiger partial charge in [0, 0.05) is 24.1 Å². The van der Waals surface area contributed by atoms with Crippen molar-refractivity contribution in [3.05, 3.63) is 53.1 Å². The normalized spacial score (nSPS) is 11.0. The van der Waals surface area contributed by atoms with E-state index in [1.807, 2.05) is 38.1 Å². The summed E-state index contributed by atoms with van der Waals surface area (Å²) in [6.45, 7) is 9.87. The van der Waals surface area contributed by atoms with Crippen molar-refractivity contribution in [1.82, 2.24) is 14.9 Å². The zero-order valence-corrected chi connectivity index (χ0v) is 14.6. The topological polar surface area (TPSA) is 46.9 Å². The van der Waals surface area contributed by atoms with Crippen molar-refractivity contribution in [2.75, 3.05) is 6.54 Å². The first-order valence-electron chi connectivity index (χ1n) is 8.34. The molecule has 0 aliphatic carbocycles. The molecule has 0 atom stereocenters.